The van der Waals surface area contributed by atoms with Crippen molar-refractivity contribution in [3.8, 4) is 5.75 Å². The van der Waals surface area contributed by atoms with Crippen LogP contribution in [0.4, 0.5) is 0 Å². The summed E-state index contributed by atoms with van der Waals surface area (Å²) >= 11 is 26.9. The molecule has 0 heterocycles. The number of alkyl halides is 3. The van der Waals surface area contributed by atoms with E-state index in [4.69, 9.17) is 51.1 Å². The Balaban J connectivity index is 2.16. The maximum atomic E-state index is 12.3. The summed E-state index contributed by atoms with van der Waals surface area (Å²) in [5.41, 5.74) is 0.330. The highest BCUT2D eigenvalue weighted by Crippen LogP contribution is 2.32. The molecule has 0 aromatic heterocycles. The van der Waals surface area contributed by atoms with Crippen LogP contribution >= 0.6 is 62.3 Å². The van der Waals surface area contributed by atoms with Crippen molar-refractivity contribution < 1.29 is 9.53 Å². The standard InChI is InChI=1S/C15H10BrCl4NO2/c16-10-4-6-12(7-5-10)23-14(15(18,19)20)21-13(22)9-2-1-3-11(17)8-9/h1-8,14H,(H,21,22)/t14-/m1/s1. The highest BCUT2D eigenvalue weighted by atomic mass is 79.9. The van der Waals surface area contributed by atoms with E-state index in [1.807, 2.05) is 0 Å². The van der Waals surface area contributed by atoms with E-state index >= 15 is 0 Å². The van der Waals surface area contributed by atoms with Crippen molar-refractivity contribution in [2.45, 2.75) is 10.0 Å². The van der Waals surface area contributed by atoms with Crippen LogP contribution in [0.1, 0.15) is 10.4 Å². The first-order valence-corrected chi connectivity index (χ1v) is 8.61. The second-order valence-corrected chi connectivity index (χ2v) is 8.20. The Kier molecular flexibility index (Phi) is 6.46. The number of hydrogen-bond acceptors (Lipinski definition) is 2. The van der Waals surface area contributed by atoms with Crippen molar-refractivity contribution in [3.63, 3.8) is 0 Å². The second kappa shape index (κ2) is 7.95. The van der Waals surface area contributed by atoms with Crippen LogP contribution in [0.25, 0.3) is 0 Å². The zero-order valence-electron chi connectivity index (χ0n) is 11.4. The number of halogens is 5. The molecule has 2 aromatic carbocycles. The molecule has 0 saturated carbocycles. The minimum Gasteiger partial charge on any atom is -0.466 e. The highest BCUT2D eigenvalue weighted by molar-refractivity contribution is 9.10. The minimum atomic E-state index is -1.86. The molecular formula is C15H10BrCl4NO2. The minimum absolute atomic E-state index is 0.330. The smallest absolute Gasteiger partial charge is 0.254 e. The van der Waals surface area contributed by atoms with E-state index in [9.17, 15) is 4.79 Å². The lowest BCUT2D eigenvalue weighted by Crippen LogP contribution is -2.47. The first-order chi connectivity index (χ1) is 10.8. The fourth-order valence-corrected chi connectivity index (χ4v) is 2.41. The Bertz CT molecular complexity index is 689. The van der Waals surface area contributed by atoms with Crippen molar-refractivity contribution >= 4 is 68.2 Å². The van der Waals surface area contributed by atoms with E-state index in [1.165, 1.54) is 6.07 Å². The summed E-state index contributed by atoms with van der Waals surface area (Å²) in [6, 6.07) is 13.3. The third kappa shape index (κ3) is 5.73. The van der Waals surface area contributed by atoms with Gasteiger partial charge in [-0.1, -0.05) is 68.4 Å². The molecule has 1 amide bonds. The van der Waals surface area contributed by atoms with Gasteiger partial charge in [0.15, 0.2) is 0 Å². The first kappa shape index (κ1) is 18.7. The van der Waals surface area contributed by atoms with Gasteiger partial charge in [0.2, 0.25) is 10.0 Å². The Morgan fingerprint density at radius 1 is 1.13 bits per heavy atom. The molecule has 2 aromatic rings. The zero-order valence-corrected chi connectivity index (χ0v) is 16.0. The Hall–Kier alpha value is -0.650. The average Bonchev–Trinajstić information content (AvgIpc) is 2.47. The largest absolute Gasteiger partial charge is 0.466 e. The SMILES string of the molecule is O=C(N[C@H](Oc1ccc(Br)cc1)C(Cl)(Cl)Cl)c1cccc(Cl)c1. The predicted octanol–water partition coefficient (Wildman–Crippen LogP) is 5.61. The van der Waals surface area contributed by atoms with E-state index in [0.717, 1.165) is 4.47 Å². The van der Waals surface area contributed by atoms with Gasteiger partial charge in [-0.2, -0.15) is 0 Å². The Morgan fingerprint density at radius 3 is 2.35 bits per heavy atom. The molecule has 0 spiro atoms. The molecule has 0 aliphatic carbocycles. The van der Waals surface area contributed by atoms with Crippen molar-refractivity contribution in [2.24, 2.45) is 0 Å². The van der Waals surface area contributed by atoms with Gasteiger partial charge in [-0.15, -0.1) is 0 Å². The van der Waals surface area contributed by atoms with Crippen LogP contribution in [-0.2, 0) is 0 Å². The van der Waals surface area contributed by atoms with Crippen molar-refractivity contribution in [1.82, 2.24) is 5.32 Å². The number of hydrogen-bond donors (Lipinski definition) is 1. The molecule has 0 aliphatic heterocycles. The van der Waals surface area contributed by atoms with Gasteiger partial charge < -0.3 is 10.1 Å². The lowest BCUT2D eigenvalue weighted by Gasteiger charge is -2.26. The first-order valence-electron chi connectivity index (χ1n) is 6.31. The van der Waals surface area contributed by atoms with E-state index in [-0.39, 0.29) is 0 Å². The number of benzene rings is 2. The molecule has 0 fully saturated rings. The van der Waals surface area contributed by atoms with Gasteiger partial charge >= 0.3 is 0 Å². The van der Waals surface area contributed by atoms with Crippen LogP contribution in [-0.4, -0.2) is 15.9 Å². The topological polar surface area (TPSA) is 38.3 Å². The Morgan fingerprint density at radius 2 is 1.78 bits per heavy atom. The van der Waals surface area contributed by atoms with Gasteiger partial charge in [0.05, 0.1) is 0 Å². The predicted molar refractivity (Wildman–Crippen MR) is 97.8 cm³/mol. The van der Waals surface area contributed by atoms with Gasteiger partial charge in [0, 0.05) is 15.1 Å². The number of carbonyl (C=O) groups excluding carboxylic acids is 1. The third-order valence-corrected chi connectivity index (χ3v) is 4.07. The summed E-state index contributed by atoms with van der Waals surface area (Å²) in [4.78, 5) is 12.3. The van der Waals surface area contributed by atoms with Crippen LogP contribution in [0, 0.1) is 0 Å². The van der Waals surface area contributed by atoms with Crippen LogP contribution in [0.3, 0.4) is 0 Å². The average molecular weight is 458 g/mol. The summed E-state index contributed by atoms with van der Waals surface area (Å²) < 4.78 is 4.59. The lowest BCUT2D eigenvalue weighted by atomic mass is 10.2. The van der Waals surface area contributed by atoms with Crippen molar-refractivity contribution in [2.75, 3.05) is 0 Å². The molecule has 3 nitrogen and oxygen atoms in total. The van der Waals surface area contributed by atoms with Crippen LogP contribution in [0.2, 0.25) is 5.02 Å². The molecular weight excluding hydrogens is 448 g/mol. The number of rotatable bonds is 4. The number of ether oxygens (including phenoxy) is 1. The fraction of sp³-hybridized carbons (Fsp3) is 0.133. The number of carbonyl (C=O) groups is 1. The molecule has 0 aliphatic rings. The van der Waals surface area contributed by atoms with E-state index in [1.54, 1.807) is 42.5 Å². The van der Waals surface area contributed by atoms with Gasteiger partial charge in [0.1, 0.15) is 5.75 Å². The maximum Gasteiger partial charge on any atom is 0.254 e. The molecule has 8 heteroatoms. The summed E-state index contributed by atoms with van der Waals surface area (Å²) in [6.45, 7) is 0. The van der Waals surface area contributed by atoms with Crippen molar-refractivity contribution in [1.29, 1.82) is 0 Å². The van der Waals surface area contributed by atoms with Crippen LogP contribution in [0.15, 0.2) is 53.0 Å². The van der Waals surface area contributed by atoms with Crippen molar-refractivity contribution in [3.05, 3.63) is 63.6 Å². The Labute approximate surface area is 161 Å². The van der Waals surface area contributed by atoms with E-state index < -0.39 is 15.9 Å². The number of nitrogens with one attached hydrogen (secondary N) is 1. The normalized spacial score (nSPS) is 12.6. The third-order valence-electron chi connectivity index (χ3n) is 2.71. The summed E-state index contributed by atoms with van der Waals surface area (Å²) in [6.07, 6.45) is -1.18. The molecule has 2 rings (SSSR count). The second-order valence-electron chi connectivity index (χ2n) is 4.48. The summed E-state index contributed by atoms with van der Waals surface area (Å²) in [5.74, 6) is -0.0307. The molecule has 23 heavy (non-hydrogen) atoms. The zero-order chi connectivity index (χ0) is 17.0. The maximum absolute atomic E-state index is 12.3. The molecule has 1 N–H and O–H groups in total. The quantitative estimate of drug-likeness (QED) is 0.479. The fourth-order valence-electron chi connectivity index (χ4n) is 1.66. The van der Waals surface area contributed by atoms with Crippen LogP contribution < -0.4 is 10.1 Å². The molecule has 122 valence electrons. The summed E-state index contributed by atoms with van der Waals surface area (Å²) in [7, 11) is 0. The molecule has 0 saturated heterocycles. The van der Waals surface area contributed by atoms with E-state index in [0.29, 0.717) is 16.3 Å². The lowest BCUT2D eigenvalue weighted by molar-refractivity contribution is 0.0833. The monoisotopic (exact) mass is 455 g/mol. The van der Waals surface area contributed by atoms with Gasteiger partial charge in [-0.25, -0.2) is 0 Å². The number of amides is 1. The molecule has 1 atom stereocenters. The van der Waals surface area contributed by atoms with Gasteiger partial charge in [-0.05, 0) is 42.5 Å². The van der Waals surface area contributed by atoms with Gasteiger partial charge in [-0.3, -0.25) is 4.79 Å². The highest BCUT2D eigenvalue weighted by Gasteiger charge is 2.36. The van der Waals surface area contributed by atoms with E-state index in [2.05, 4.69) is 21.2 Å². The molecule has 0 radical (unpaired) electrons. The van der Waals surface area contributed by atoms with Crippen LogP contribution in [0.5, 0.6) is 5.75 Å². The molecule has 0 unspecified atom stereocenters. The summed E-state index contributed by atoms with van der Waals surface area (Å²) in [5, 5.41) is 2.96. The molecule has 0 bridgehead atoms. The van der Waals surface area contributed by atoms with Gasteiger partial charge in [0.25, 0.3) is 5.91 Å².